The van der Waals surface area contributed by atoms with E-state index >= 15 is 0 Å². The van der Waals surface area contributed by atoms with Crippen molar-refractivity contribution in [3.05, 3.63) is 95.6 Å². The second-order valence-corrected chi connectivity index (χ2v) is 11.1. The molecule has 0 unspecified atom stereocenters. The summed E-state index contributed by atoms with van der Waals surface area (Å²) in [7, 11) is 1.63. The zero-order valence-corrected chi connectivity index (χ0v) is 24.1. The molecule has 7 nitrogen and oxygen atoms in total. The summed E-state index contributed by atoms with van der Waals surface area (Å²) in [6, 6.07) is 25.9. The van der Waals surface area contributed by atoms with Crippen molar-refractivity contribution in [1.29, 1.82) is 0 Å². The molecule has 0 aliphatic carbocycles. The first-order valence-corrected chi connectivity index (χ1v) is 14.6. The van der Waals surface area contributed by atoms with Gasteiger partial charge in [0.1, 0.15) is 18.1 Å². The second-order valence-electron chi connectivity index (χ2n) is 9.97. The summed E-state index contributed by atoms with van der Waals surface area (Å²) < 4.78 is 7.20. The van der Waals surface area contributed by atoms with Gasteiger partial charge in [-0.1, -0.05) is 61.5 Å². The summed E-state index contributed by atoms with van der Waals surface area (Å²) in [5.41, 5.74) is 5.69. The van der Waals surface area contributed by atoms with E-state index in [0.29, 0.717) is 5.82 Å². The molecule has 1 aromatic heterocycles. The molecular formula is C32H34N4O3S. The van der Waals surface area contributed by atoms with Gasteiger partial charge in [0.25, 0.3) is 0 Å². The molecule has 0 bridgehead atoms. The number of hydrogen-bond donors (Lipinski definition) is 1. The van der Waals surface area contributed by atoms with Crippen LogP contribution in [-0.4, -0.2) is 47.0 Å². The molecule has 1 aliphatic heterocycles. The number of nitrogens with one attached hydrogen (secondary N) is 1. The zero-order valence-electron chi connectivity index (χ0n) is 23.3. The Morgan fingerprint density at radius 3 is 2.45 bits per heavy atom. The van der Waals surface area contributed by atoms with E-state index in [9.17, 15) is 9.59 Å². The molecule has 1 N–H and O–H groups in total. The number of carbonyl (C=O) groups is 2. The van der Waals surface area contributed by atoms with Gasteiger partial charge < -0.3 is 10.1 Å². The Morgan fingerprint density at radius 1 is 1.07 bits per heavy atom. The molecule has 0 saturated carbocycles. The quantitative estimate of drug-likeness (QED) is 0.292. The molecule has 3 aromatic carbocycles. The summed E-state index contributed by atoms with van der Waals surface area (Å²) in [5.74, 6) is 1.25. The van der Waals surface area contributed by atoms with E-state index in [1.54, 1.807) is 23.8 Å². The van der Waals surface area contributed by atoms with Crippen LogP contribution in [0.3, 0.4) is 0 Å². The van der Waals surface area contributed by atoms with Crippen LogP contribution in [0.5, 0.6) is 5.75 Å². The summed E-state index contributed by atoms with van der Waals surface area (Å²) in [6.45, 7) is 5.99. The van der Waals surface area contributed by atoms with Crippen molar-refractivity contribution in [2.75, 3.05) is 24.3 Å². The average molecular weight is 555 g/mol. The number of nitrogens with zero attached hydrogens (tertiary/aromatic N) is 3. The summed E-state index contributed by atoms with van der Waals surface area (Å²) in [4.78, 5) is 28.6. The van der Waals surface area contributed by atoms with Crippen LogP contribution in [0, 0.1) is 6.92 Å². The van der Waals surface area contributed by atoms with Crippen molar-refractivity contribution < 1.29 is 14.3 Å². The fourth-order valence-electron chi connectivity index (χ4n) is 4.92. The molecule has 2 heterocycles. The van der Waals surface area contributed by atoms with E-state index in [-0.39, 0.29) is 35.4 Å². The van der Waals surface area contributed by atoms with Crippen molar-refractivity contribution in [2.45, 2.75) is 38.5 Å². The Hall–Kier alpha value is -4.04. The minimum atomic E-state index is -0.197. The Balaban J connectivity index is 1.78. The van der Waals surface area contributed by atoms with Crippen LogP contribution in [0.4, 0.5) is 5.82 Å². The minimum Gasteiger partial charge on any atom is -0.497 e. The first-order chi connectivity index (χ1) is 19.4. The van der Waals surface area contributed by atoms with Gasteiger partial charge in [-0.25, -0.2) is 4.68 Å². The Bertz CT molecular complexity index is 1500. The topological polar surface area (TPSA) is 76.5 Å². The maximum atomic E-state index is 13.8. The first-order valence-electron chi connectivity index (χ1n) is 13.5. The number of methoxy groups -OCH3 is 1. The van der Waals surface area contributed by atoms with Gasteiger partial charge in [0.2, 0.25) is 11.8 Å². The maximum absolute atomic E-state index is 13.8. The van der Waals surface area contributed by atoms with Gasteiger partial charge in [-0.15, -0.1) is 11.8 Å². The Kier molecular flexibility index (Phi) is 8.26. The van der Waals surface area contributed by atoms with E-state index in [1.165, 1.54) is 0 Å². The van der Waals surface area contributed by atoms with Crippen LogP contribution in [-0.2, 0) is 9.59 Å². The molecule has 8 heteroatoms. The molecule has 1 aliphatic rings. The van der Waals surface area contributed by atoms with Crippen molar-refractivity contribution in [3.8, 4) is 22.7 Å². The summed E-state index contributed by atoms with van der Waals surface area (Å²) in [6.07, 6.45) is 0.804. The zero-order chi connectivity index (χ0) is 28.2. The van der Waals surface area contributed by atoms with Crippen molar-refractivity contribution in [2.24, 2.45) is 0 Å². The highest BCUT2D eigenvalue weighted by atomic mass is 32.2. The van der Waals surface area contributed by atoms with Gasteiger partial charge in [0.15, 0.2) is 0 Å². The number of fused-ring (bicyclic) bond motifs is 1. The van der Waals surface area contributed by atoms with E-state index in [2.05, 4.69) is 24.4 Å². The molecule has 2 atom stereocenters. The second kappa shape index (κ2) is 12.0. The maximum Gasteiger partial charge on any atom is 0.240 e. The Morgan fingerprint density at radius 2 is 1.77 bits per heavy atom. The molecule has 2 amide bonds. The molecule has 40 heavy (non-hydrogen) atoms. The van der Waals surface area contributed by atoms with Crippen LogP contribution in [0.15, 0.2) is 78.9 Å². The van der Waals surface area contributed by atoms with Gasteiger partial charge in [0, 0.05) is 17.2 Å². The van der Waals surface area contributed by atoms with Crippen LogP contribution in [0.1, 0.15) is 42.2 Å². The monoisotopic (exact) mass is 554 g/mol. The van der Waals surface area contributed by atoms with Gasteiger partial charge in [-0.3, -0.25) is 14.5 Å². The molecule has 5 rings (SSSR count). The van der Waals surface area contributed by atoms with Crippen LogP contribution < -0.4 is 15.0 Å². The highest BCUT2D eigenvalue weighted by Gasteiger charge is 2.38. The fourth-order valence-corrected chi connectivity index (χ4v) is 6.22. The molecule has 0 radical (unpaired) electrons. The van der Waals surface area contributed by atoms with Gasteiger partial charge in [-0.05, 0) is 55.7 Å². The van der Waals surface area contributed by atoms with Gasteiger partial charge in [0.05, 0.1) is 29.5 Å². The third kappa shape index (κ3) is 5.49. The average Bonchev–Trinajstić information content (AvgIpc) is 3.31. The molecule has 4 aromatic rings. The summed E-state index contributed by atoms with van der Waals surface area (Å²) in [5, 5.41) is 8.01. The number of carbonyl (C=O) groups excluding carboxylic acids is 2. The lowest BCUT2D eigenvalue weighted by molar-refractivity contribution is -0.123. The molecule has 206 valence electrons. The first kappa shape index (κ1) is 27.5. The van der Waals surface area contributed by atoms with E-state index in [1.807, 2.05) is 85.3 Å². The normalized spacial score (nSPS) is 15.8. The predicted octanol–water partition coefficient (Wildman–Crippen LogP) is 5.94. The number of aromatic nitrogens is 2. The number of aryl methyl sites for hydroxylation is 1. The standard InChI is InChI=1S/C32H34N4O3S/c1-5-22(3)33-27(37)19-35-28(38)20-40-31(26-14-10-9-11-21(26)2)29-30(23-12-7-6-8-13-23)34-36(32(29)35)24-15-17-25(39-4)18-16-24/h6-18,22,31H,5,19-20H2,1-4H3,(H,33,37)/t22-,31+/m0/s1. The van der Waals surface area contributed by atoms with E-state index < -0.39 is 0 Å². The highest BCUT2D eigenvalue weighted by Crippen LogP contribution is 2.49. The predicted molar refractivity (Wildman–Crippen MR) is 161 cm³/mol. The van der Waals surface area contributed by atoms with Crippen LogP contribution >= 0.6 is 11.8 Å². The van der Waals surface area contributed by atoms with E-state index in [4.69, 9.17) is 9.84 Å². The van der Waals surface area contributed by atoms with Crippen LogP contribution in [0.2, 0.25) is 0 Å². The third-order valence-corrected chi connectivity index (χ3v) is 8.48. The Labute approximate surface area is 239 Å². The molecular weight excluding hydrogens is 520 g/mol. The lowest BCUT2D eigenvalue weighted by Crippen LogP contribution is -2.44. The van der Waals surface area contributed by atoms with Crippen molar-refractivity contribution in [3.63, 3.8) is 0 Å². The number of hydrogen-bond acceptors (Lipinski definition) is 5. The van der Waals surface area contributed by atoms with Gasteiger partial charge in [-0.2, -0.15) is 5.10 Å². The fraction of sp³-hybridized carbons (Fsp3) is 0.281. The number of thioether (sulfide) groups is 1. The van der Waals surface area contributed by atoms with Gasteiger partial charge >= 0.3 is 0 Å². The van der Waals surface area contributed by atoms with Crippen LogP contribution in [0.25, 0.3) is 16.9 Å². The summed E-state index contributed by atoms with van der Waals surface area (Å²) >= 11 is 1.58. The third-order valence-electron chi connectivity index (χ3n) is 7.25. The smallest absolute Gasteiger partial charge is 0.240 e. The van der Waals surface area contributed by atoms with E-state index in [0.717, 1.165) is 45.8 Å². The number of rotatable bonds is 8. The van der Waals surface area contributed by atoms with Crippen molar-refractivity contribution >= 4 is 29.4 Å². The van der Waals surface area contributed by atoms with Crippen molar-refractivity contribution in [1.82, 2.24) is 15.1 Å². The number of ether oxygens (including phenoxy) is 1. The minimum absolute atomic E-state index is 0.00882. The lowest BCUT2D eigenvalue weighted by Gasteiger charge is -2.24. The largest absolute Gasteiger partial charge is 0.497 e. The lowest BCUT2D eigenvalue weighted by atomic mass is 9.97. The number of anilines is 1. The SMILES string of the molecule is CC[C@H](C)NC(=O)CN1C(=O)CS[C@H](c2ccccc2C)c2c(-c3ccccc3)nn(-c3ccc(OC)cc3)c21. The molecule has 0 spiro atoms. The number of benzene rings is 3. The molecule has 0 fully saturated rings. The molecule has 0 saturated heterocycles. The highest BCUT2D eigenvalue weighted by molar-refractivity contribution is 8.00. The number of amides is 2.